The molecule has 0 aromatic heterocycles. The molecule has 1 heterocycles. The van der Waals surface area contributed by atoms with E-state index in [2.05, 4.69) is 0 Å². The maximum Gasteiger partial charge on any atom is 0.240 e. The fraction of sp³-hybridized carbons (Fsp3) is 0.533. The monoisotopic (exact) mass is 327 g/mol. The molecule has 0 saturated carbocycles. The van der Waals surface area contributed by atoms with E-state index in [0.29, 0.717) is 37.6 Å². The van der Waals surface area contributed by atoms with Crippen molar-refractivity contribution in [3.8, 4) is 5.75 Å². The van der Waals surface area contributed by atoms with Gasteiger partial charge in [-0.05, 0) is 24.6 Å². The molecule has 22 heavy (non-hydrogen) atoms. The van der Waals surface area contributed by atoms with Gasteiger partial charge in [-0.25, -0.2) is 8.42 Å². The van der Waals surface area contributed by atoms with Crippen LogP contribution in [0.3, 0.4) is 0 Å². The van der Waals surface area contributed by atoms with Crippen LogP contribution in [0.25, 0.3) is 0 Å². The Morgan fingerprint density at radius 1 is 1.36 bits per heavy atom. The molecule has 0 radical (unpaired) electrons. The molecule has 1 aromatic carbocycles. The second kappa shape index (κ2) is 7.11. The Bertz CT molecular complexity index is 623. The predicted octanol–water partition coefficient (Wildman–Crippen LogP) is 0.857. The highest BCUT2D eigenvalue weighted by Gasteiger charge is 2.32. The van der Waals surface area contributed by atoms with Crippen LogP contribution in [-0.4, -0.2) is 57.9 Å². The molecule has 1 fully saturated rings. The number of ether oxygens (including phenoxy) is 2. The lowest BCUT2D eigenvalue weighted by atomic mass is 10.2. The predicted molar refractivity (Wildman–Crippen MR) is 82.5 cm³/mol. The van der Waals surface area contributed by atoms with E-state index in [1.165, 1.54) is 14.0 Å². The van der Waals surface area contributed by atoms with E-state index in [-0.39, 0.29) is 11.7 Å². The molecule has 1 amide bonds. The third kappa shape index (κ3) is 3.98. The van der Waals surface area contributed by atoms with E-state index >= 15 is 0 Å². The summed E-state index contributed by atoms with van der Waals surface area (Å²) < 4.78 is 35.2. The van der Waals surface area contributed by atoms with Gasteiger partial charge in [0.15, 0.2) is 9.84 Å². The maximum absolute atomic E-state index is 12.5. The van der Waals surface area contributed by atoms with Gasteiger partial charge in [0.2, 0.25) is 5.91 Å². The Hall–Kier alpha value is -1.60. The molecule has 2 rings (SSSR count). The van der Waals surface area contributed by atoms with Crippen LogP contribution in [-0.2, 0) is 25.1 Å². The minimum absolute atomic E-state index is 0.179. The number of rotatable bonds is 5. The smallest absolute Gasteiger partial charge is 0.240 e. The van der Waals surface area contributed by atoms with Gasteiger partial charge in [-0.3, -0.25) is 4.79 Å². The highest BCUT2D eigenvalue weighted by molar-refractivity contribution is 7.92. The van der Waals surface area contributed by atoms with Crippen LogP contribution >= 0.6 is 0 Å². The van der Waals surface area contributed by atoms with Gasteiger partial charge in [-0.1, -0.05) is 12.1 Å². The highest BCUT2D eigenvalue weighted by atomic mass is 32.2. The first-order chi connectivity index (χ1) is 10.4. The zero-order chi connectivity index (χ0) is 16.2. The summed E-state index contributed by atoms with van der Waals surface area (Å²) >= 11 is 0. The van der Waals surface area contributed by atoms with Gasteiger partial charge in [-0.2, -0.15) is 0 Å². The molecule has 0 N–H and O–H groups in total. The number of sulfone groups is 1. The second-order valence-electron chi connectivity index (χ2n) is 5.24. The van der Waals surface area contributed by atoms with Crippen molar-refractivity contribution in [3.05, 3.63) is 29.8 Å². The molecule has 1 aromatic rings. The maximum atomic E-state index is 12.5. The zero-order valence-electron chi connectivity index (χ0n) is 12.8. The average Bonchev–Trinajstić information content (AvgIpc) is 2.54. The Morgan fingerprint density at radius 3 is 2.68 bits per heavy atom. The molecule has 1 unspecified atom stereocenters. The van der Waals surface area contributed by atoms with Crippen molar-refractivity contribution in [1.82, 2.24) is 4.90 Å². The van der Waals surface area contributed by atoms with E-state index in [1.54, 1.807) is 29.2 Å². The molecule has 0 bridgehead atoms. The van der Waals surface area contributed by atoms with E-state index in [1.807, 2.05) is 0 Å². The number of methoxy groups -OCH3 is 1. The Kier molecular flexibility index (Phi) is 5.42. The molecule has 6 nitrogen and oxygen atoms in total. The zero-order valence-corrected chi connectivity index (χ0v) is 13.6. The van der Waals surface area contributed by atoms with Crippen LogP contribution in [0.2, 0.25) is 0 Å². The van der Waals surface area contributed by atoms with Gasteiger partial charge >= 0.3 is 0 Å². The molecular weight excluding hydrogens is 306 g/mol. The quantitative estimate of drug-likeness (QED) is 0.802. The number of carbonyl (C=O) groups is 1. The van der Waals surface area contributed by atoms with E-state index in [0.717, 1.165) is 0 Å². The van der Waals surface area contributed by atoms with Crippen LogP contribution in [0.15, 0.2) is 24.3 Å². The summed E-state index contributed by atoms with van der Waals surface area (Å²) in [6.07, 6.45) is 0. The van der Waals surface area contributed by atoms with E-state index in [9.17, 15) is 13.2 Å². The SMILES string of the molecule is COc1cccc(CS(=O)(=O)C(C)C(=O)N2CCOCC2)c1. The lowest BCUT2D eigenvalue weighted by molar-refractivity contribution is -0.134. The average molecular weight is 327 g/mol. The molecule has 7 heteroatoms. The van der Waals surface area contributed by atoms with Crippen molar-refractivity contribution in [2.24, 2.45) is 0 Å². The number of amides is 1. The van der Waals surface area contributed by atoms with Crippen LogP contribution < -0.4 is 4.74 Å². The van der Waals surface area contributed by atoms with Gasteiger partial charge in [0.25, 0.3) is 0 Å². The first-order valence-corrected chi connectivity index (χ1v) is 8.86. The number of hydrogen-bond donors (Lipinski definition) is 0. The summed E-state index contributed by atoms with van der Waals surface area (Å²) in [6, 6.07) is 6.87. The first kappa shape index (κ1) is 16.8. The summed E-state index contributed by atoms with van der Waals surface area (Å²) in [5.41, 5.74) is 0.612. The fourth-order valence-electron chi connectivity index (χ4n) is 2.31. The van der Waals surface area contributed by atoms with Crippen LogP contribution in [0.1, 0.15) is 12.5 Å². The van der Waals surface area contributed by atoms with E-state index < -0.39 is 15.1 Å². The molecule has 1 saturated heterocycles. The van der Waals surface area contributed by atoms with Gasteiger partial charge in [0, 0.05) is 13.1 Å². The Labute approximate surface area is 130 Å². The molecular formula is C15H21NO5S. The lowest BCUT2D eigenvalue weighted by Crippen LogP contribution is -2.47. The molecule has 122 valence electrons. The van der Waals surface area contributed by atoms with Crippen LogP contribution in [0.4, 0.5) is 0 Å². The lowest BCUT2D eigenvalue weighted by Gasteiger charge is -2.29. The topological polar surface area (TPSA) is 72.9 Å². The number of nitrogens with zero attached hydrogens (tertiary/aromatic N) is 1. The van der Waals surface area contributed by atoms with Gasteiger partial charge in [0.1, 0.15) is 11.0 Å². The Balaban J connectivity index is 2.09. The number of carbonyl (C=O) groups excluding carboxylic acids is 1. The number of morpholine rings is 1. The van der Waals surface area contributed by atoms with Gasteiger partial charge < -0.3 is 14.4 Å². The first-order valence-electron chi connectivity index (χ1n) is 7.15. The highest BCUT2D eigenvalue weighted by Crippen LogP contribution is 2.18. The molecule has 1 aliphatic heterocycles. The molecule has 1 aliphatic rings. The fourth-order valence-corrected chi connectivity index (χ4v) is 3.66. The minimum atomic E-state index is -3.57. The van der Waals surface area contributed by atoms with Crippen molar-refractivity contribution >= 4 is 15.7 Å². The summed E-state index contributed by atoms with van der Waals surface area (Å²) in [5.74, 6) is 0.0626. The minimum Gasteiger partial charge on any atom is -0.497 e. The second-order valence-corrected chi connectivity index (χ2v) is 7.56. The van der Waals surface area contributed by atoms with Crippen molar-refractivity contribution in [1.29, 1.82) is 0 Å². The normalized spacial score (nSPS) is 17.1. The third-order valence-electron chi connectivity index (χ3n) is 3.71. The van der Waals surface area contributed by atoms with Crippen molar-refractivity contribution in [2.45, 2.75) is 17.9 Å². The largest absolute Gasteiger partial charge is 0.497 e. The summed E-state index contributed by atoms with van der Waals surface area (Å²) in [7, 11) is -2.05. The number of benzene rings is 1. The van der Waals surface area contributed by atoms with Crippen molar-refractivity contribution < 1.29 is 22.7 Å². The standard InChI is InChI=1S/C15H21NO5S/c1-12(15(17)16-6-8-21-9-7-16)22(18,19)11-13-4-3-5-14(10-13)20-2/h3-5,10,12H,6-9,11H2,1-2H3. The van der Waals surface area contributed by atoms with Gasteiger partial charge in [0.05, 0.1) is 26.1 Å². The summed E-state index contributed by atoms with van der Waals surface area (Å²) in [6.45, 7) is 3.24. The van der Waals surface area contributed by atoms with E-state index in [4.69, 9.17) is 9.47 Å². The number of hydrogen-bond acceptors (Lipinski definition) is 5. The van der Waals surface area contributed by atoms with Crippen molar-refractivity contribution in [2.75, 3.05) is 33.4 Å². The van der Waals surface area contributed by atoms with Crippen LogP contribution in [0.5, 0.6) is 5.75 Å². The molecule has 0 spiro atoms. The molecule has 1 atom stereocenters. The van der Waals surface area contributed by atoms with Crippen molar-refractivity contribution in [3.63, 3.8) is 0 Å². The summed E-state index contributed by atoms with van der Waals surface area (Å²) in [5, 5.41) is -1.06. The summed E-state index contributed by atoms with van der Waals surface area (Å²) in [4.78, 5) is 13.9. The van der Waals surface area contributed by atoms with Crippen LogP contribution in [0, 0.1) is 0 Å². The van der Waals surface area contributed by atoms with Gasteiger partial charge in [-0.15, -0.1) is 0 Å². The molecule has 0 aliphatic carbocycles. The Morgan fingerprint density at radius 2 is 2.05 bits per heavy atom. The third-order valence-corrected chi connectivity index (χ3v) is 5.73.